The van der Waals surface area contributed by atoms with Crippen LogP contribution in [0.25, 0.3) is 11.0 Å². The first-order valence-corrected chi connectivity index (χ1v) is 11.2. The second kappa shape index (κ2) is 8.92. The molecule has 4 aromatic rings. The van der Waals surface area contributed by atoms with Gasteiger partial charge in [-0.3, -0.25) is 14.0 Å². The zero-order valence-electron chi connectivity index (χ0n) is 18.3. The number of nitrogens with two attached hydrogens (primary N) is 1. The molecule has 0 aliphatic carbocycles. The fourth-order valence-corrected chi connectivity index (χ4v) is 4.61. The minimum Gasteiger partial charge on any atom is -0.355 e. The average Bonchev–Trinajstić information content (AvgIpc) is 3.45. The van der Waals surface area contributed by atoms with Crippen LogP contribution in [0.2, 0.25) is 0 Å². The van der Waals surface area contributed by atoms with Crippen LogP contribution in [-0.4, -0.2) is 43.0 Å². The maximum atomic E-state index is 13.6. The highest BCUT2D eigenvalue weighted by Gasteiger charge is 2.28. The Morgan fingerprint density at radius 3 is 2.76 bits per heavy atom. The Kier molecular flexibility index (Phi) is 5.67. The van der Waals surface area contributed by atoms with Gasteiger partial charge < -0.3 is 15.2 Å². The van der Waals surface area contributed by atoms with E-state index in [-0.39, 0.29) is 11.6 Å². The standard InChI is InChI=1S/C24H26N8O/c25-14-20-21-22(24(33)30(17-27-21)12-13-31-11-5-9-28-31)32(15-18-6-2-1-3-7-18)23(20)29-10-4-8-19(26)16-29/h1-3,5-7,9,11,17,19H,4,8,10,12-13,15-16,26H2. The van der Waals surface area contributed by atoms with Crippen LogP contribution < -0.4 is 16.2 Å². The van der Waals surface area contributed by atoms with Crippen LogP contribution in [-0.2, 0) is 19.6 Å². The monoisotopic (exact) mass is 442 g/mol. The molecule has 1 atom stereocenters. The van der Waals surface area contributed by atoms with Gasteiger partial charge in [-0.2, -0.15) is 10.4 Å². The van der Waals surface area contributed by atoms with Crippen molar-refractivity contribution in [3.63, 3.8) is 0 Å². The van der Waals surface area contributed by atoms with E-state index >= 15 is 0 Å². The summed E-state index contributed by atoms with van der Waals surface area (Å²) in [5, 5.41) is 14.3. The summed E-state index contributed by atoms with van der Waals surface area (Å²) in [5.41, 5.74) is 8.49. The molecule has 5 rings (SSSR count). The lowest BCUT2D eigenvalue weighted by Gasteiger charge is -2.33. The largest absolute Gasteiger partial charge is 0.355 e. The summed E-state index contributed by atoms with van der Waals surface area (Å²) in [6, 6.07) is 14.2. The van der Waals surface area contributed by atoms with Crippen molar-refractivity contribution in [1.29, 1.82) is 5.26 Å². The maximum absolute atomic E-state index is 13.6. The highest BCUT2D eigenvalue weighted by molar-refractivity contribution is 5.89. The fourth-order valence-electron chi connectivity index (χ4n) is 4.61. The molecule has 33 heavy (non-hydrogen) atoms. The zero-order valence-corrected chi connectivity index (χ0v) is 18.3. The lowest BCUT2D eigenvalue weighted by molar-refractivity contribution is 0.498. The fraction of sp³-hybridized carbons (Fsp3) is 0.333. The van der Waals surface area contributed by atoms with E-state index in [1.54, 1.807) is 15.4 Å². The van der Waals surface area contributed by atoms with E-state index in [4.69, 9.17) is 5.73 Å². The van der Waals surface area contributed by atoms with Gasteiger partial charge in [-0.15, -0.1) is 0 Å². The Morgan fingerprint density at radius 1 is 1.18 bits per heavy atom. The van der Waals surface area contributed by atoms with Crippen molar-refractivity contribution in [1.82, 2.24) is 23.9 Å². The predicted molar refractivity (Wildman–Crippen MR) is 126 cm³/mol. The van der Waals surface area contributed by atoms with Gasteiger partial charge in [0.05, 0.1) is 12.9 Å². The van der Waals surface area contributed by atoms with Crippen LogP contribution in [0, 0.1) is 11.3 Å². The Balaban J connectivity index is 1.66. The number of hydrogen-bond acceptors (Lipinski definition) is 6. The summed E-state index contributed by atoms with van der Waals surface area (Å²) in [7, 11) is 0. The Hall–Kier alpha value is -3.90. The third-order valence-electron chi connectivity index (χ3n) is 6.18. The second-order valence-corrected chi connectivity index (χ2v) is 8.44. The molecule has 0 spiro atoms. The molecule has 2 N–H and O–H groups in total. The van der Waals surface area contributed by atoms with E-state index in [1.807, 2.05) is 47.2 Å². The van der Waals surface area contributed by atoms with E-state index in [0.717, 1.165) is 30.8 Å². The van der Waals surface area contributed by atoms with Crippen LogP contribution in [0.5, 0.6) is 0 Å². The molecule has 0 bridgehead atoms. The molecule has 3 aromatic heterocycles. The van der Waals surface area contributed by atoms with Gasteiger partial charge in [0.2, 0.25) is 0 Å². The Morgan fingerprint density at radius 2 is 2.03 bits per heavy atom. The molecule has 0 radical (unpaired) electrons. The van der Waals surface area contributed by atoms with E-state index in [0.29, 0.717) is 42.8 Å². The SMILES string of the molecule is N#Cc1c(N2CCCC(N)C2)n(Cc2ccccc2)c2c(=O)n(CCn3cccn3)cnc12. The number of benzene rings is 1. The summed E-state index contributed by atoms with van der Waals surface area (Å²) in [6.07, 6.45) is 7.01. The van der Waals surface area contributed by atoms with Gasteiger partial charge in [0.1, 0.15) is 28.5 Å². The molecule has 1 saturated heterocycles. The zero-order chi connectivity index (χ0) is 22.8. The second-order valence-electron chi connectivity index (χ2n) is 8.44. The van der Waals surface area contributed by atoms with Crippen LogP contribution in [0.4, 0.5) is 5.82 Å². The quantitative estimate of drug-likeness (QED) is 0.489. The number of nitriles is 1. The van der Waals surface area contributed by atoms with Crippen LogP contribution in [0.1, 0.15) is 24.0 Å². The van der Waals surface area contributed by atoms with Crippen molar-refractivity contribution in [3.05, 3.63) is 76.6 Å². The number of piperidine rings is 1. The number of aryl methyl sites for hydroxylation is 2. The van der Waals surface area contributed by atoms with Crippen LogP contribution >= 0.6 is 0 Å². The molecule has 1 fully saturated rings. The summed E-state index contributed by atoms with van der Waals surface area (Å²) in [6.45, 7) is 2.90. The van der Waals surface area contributed by atoms with E-state index < -0.39 is 0 Å². The lowest BCUT2D eigenvalue weighted by atomic mass is 10.1. The highest BCUT2D eigenvalue weighted by Crippen LogP contribution is 2.32. The van der Waals surface area contributed by atoms with E-state index in [1.165, 1.54) is 6.33 Å². The van der Waals surface area contributed by atoms with Crippen molar-refractivity contribution < 1.29 is 0 Å². The molecule has 1 aliphatic rings. The molecule has 1 aliphatic heterocycles. The first-order chi connectivity index (χ1) is 16.2. The van der Waals surface area contributed by atoms with Crippen LogP contribution in [0.3, 0.4) is 0 Å². The van der Waals surface area contributed by atoms with E-state index in [2.05, 4.69) is 21.1 Å². The Bertz CT molecular complexity index is 1350. The molecule has 0 saturated carbocycles. The van der Waals surface area contributed by atoms with Crippen molar-refractivity contribution in [2.45, 2.75) is 38.5 Å². The number of anilines is 1. The molecular weight excluding hydrogens is 416 g/mol. The van der Waals surface area contributed by atoms with Crippen molar-refractivity contribution in [3.8, 4) is 6.07 Å². The Labute approximate surface area is 191 Å². The maximum Gasteiger partial charge on any atom is 0.278 e. The normalized spacial score (nSPS) is 16.2. The van der Waals surface area contributed by atoms with Gasteiger partial charge in [0.25, 0.3) is 5.56 Å². The topological polar surface area (TPSA) is 111 Å². The molecule has 9 heteroatoms. The third-order valence-corrected chi connectivity index (χ3v) is 6.18. The lowest BCUT2D eigenvalue weighted by Crippen LogP contribution is -2.44. The summed E-state index contributed by atoms with van der Waals surface area (Å²) >= 11 is 0. The van der Waals surface area contributed by atoms with Gasteiger partial charge in [0, 0.05) is 44.6 Å². The molecule has 4 heterocycles. The minimum absolute atomic E-state index is 0.0344. The summed E-state index contributed by atoms with van der Waals surface area (Å²) in [4.78, 5) is 20.4. The highest BCUT2D eigenvalue weighted by atomic mass is 16.1. The number of nitrogens with zero attached hydrogens (tertiary/aromatic N) is 7. The molecule has 9 nitrogen and oxygen atoms in total. The van der Waals surface area contributed by atoms with Gasteiger partial charge in [-0.1, -0.05) is 30.3 Å². The molecule has 1 unspecified atom stereocenters. The minimum atomic E-state index is -0.160. The van der Waals surface area contributed by atoms with Gasteiger partial charge in [0.15, 0.2) is 0 Å². The molecular formula is C24H26N8O. The van der Waals surface area contributed by atoms with Gasteiger partial charge >= 0.3 is 0 Å². The number of fused-ring (bicyclic) bond motifs is 1. The summed E-state index contributed by atoms with van der Waals surface area (Å²) < 4.78 is 5.33. The first-order valence-electron chi connectivity index (χ1n) is 11.2. The third kappa shape index (κ3) is 4.01. The van der Waals surface area contributed by atoms with Crippen LogP contribution in [0.15, 0.2) is 59.9 Å². The average molecular weight is 443 g/mol. The van der Waals surface area contributed by atoms with Crippen molar-refractivity contribution >= 4 is 16.9 Å². The number of rotatable bonds is 6. The molecule has 168 valence electrons. The van der Waals surface area contributed by atoms with Gasteiger partial charge in [-0.25, -0.2) is 4.98 Å². The summed E-state index contributed by atoms with van der Waals surface area (Å²) in [5.74, 6) is 0.737. The first kappa shape index (κ1) is 21.0. The van der Waals surface area contributed by atoms with E-state index in [9.17, 15) is 10.1 Å². The number of hydrogen-bond donors (Lipinski definition) is 1. The predicted octanol–water partition coefficient (Wildman–Crippen LogP) is 1.94. The smallest absolute Gasteiger partial charge is 0.278 e. The van der Waals surface area contributed by atoms with Gasteiger partial charge in [-0.05, 0) is 24.5 Å². The van der Waals surface area contributed by atoms with Crippen molar-refractivity contribution in [2.24, 2.45) is 5.73 Å². The molecule has 1 aromatic carbocycles. The number of aromatic nitrogens is 5. The molecule has 0 amide bonds. The van der Waals surface area contributed by atoms with Crippen molar-refractivity contribution in [2.75, 3.05) is 18.0 Å².